The van der Waals surface area contributed by atoms with Gasteiger partial charge in [-0.25, -0.2) is 4.90 Å². The van der Waals surface area contributed by atoms with E-state index >= 15 is 0 Å². The number of carbonyl (C=O) groups excluding carboxylic acids is 2. The number of hydrogen-bond acceptors (Lipinski definition) is 5. The number of carbonyl (C=O) groups is 2. The number of hydrogen-bond donors (Lipinski definition) is 0. The van der Waals surface area contributed by atoms with Crippen LogP contribution in [0.4, 0.5) is 11.4 Å². The maximum atomic E-state index is 13.8. The number of amides is 2. The van der Waals surface area contributed by atoms with Gasteiger partial charge in [-0.3, -0.25) is 9.59 Å². The van der Waals surface area contributed by atoms with Crippen LogP contribution in [0, 0.1) is 6.92 Å². The standard InChI is InChI=1S/C28H27N3O3/c1-20-9-8-12-22(19-20)31-27(32)25(23-13-6-7-14-24(23)34-2)26(28(31)33)30-17-15-29(16-18-30)21-10-4-3-5-11-21/h3-14,19H,15-18H2,1-2H3. The van der Waals surface area contributed by atoms with Crippen molar-refractivity contribution in [2.24, 2.45) is 0 Å². The number of ether oxygens (including phenoxy) is 1. The number of piperazine rings is 1. The quantitative estimate of drug-likeness (QED) is 0.544. The van der Waals surface area contributed by atoms with Crippen molar-refractivity contribution in [1.82, 2.24) is 4.90 Å². The van der Waals surface area contributed by atoms with E-state index < -0.39 is 0 Å². The van der Waals surface area contributed by atoms with Gasteiger partial charge in [-0.1, -0.05) is 48.5 Å². The van der Waals surface area contributed by atoms with Gasteiger partial charge in [0.1, 0.15) is 11.4 Å². The minimum absolute atomic E-state index is 0.287. The molecule has 3 aromatic carbocycles. The van der Waals surface area contributed by atoms with Crippen molar-refractivity contribution >= 4 is 28.8 Å². The van der Waals surface area contributed by atoms with Crippen LogP contribution < -0.4 is 14.5 Å². The van der Waals surface area contributed by atoms with Gasteiger partial charge in [0.15, 0.2) is 0 Å². The molecule has 2 amide bonds. The van der Waals surface area contributed by atoms with E-state index in [1.54, 1.807) is 13.2 Å². The maximum Gasteiger partial charge on any atom is 0.282 e. The molecule has 6 heteroatoms. The second kappa shape index (κ2) is 9.06. The summed E-state index contributed by atoms with van der Waals surface area (Å²) in [4.78, 5) is 33.3. The zero-order chi connectivity index (χ0) is 23.7. The minimum atomic E-state index is -0.319. The molecule has 3 aromatic rings. The number of nitrogens with zero attached hydrogens (tertiary/aromatic N) is 3. The van der Waals surface area contributed by atoms with Crippen molar-refractivity contribution in [1.29, 1.82) is 0 Å². The zero-order valence-electron chi connectivity index (χ0n) is 19.4. The molecule has 2 aliphatic rings. The van der Waals surface area contributed by atoms with Gasteiger partial charge in [-0.2, -0.15) is 0 Å². The lowest BCUT2D eigenvalue weighted by Crippen LogP contribution is -2.47. The monoisotopic (exact) mass is 453 g/mol. The summed E-state index contributed by atoms with van der Waals surface area (Å²) in [6.07, 6.45) is 0. The number of aryl methyl sites for hydroxylation is 1. The van der Waals surface area contributed by atoms with Gasteiger partial charge in [-0.15, -0.1) is 0 Å². The Bertz CT molecular complexity index is 1260. The number of methoxy groups -OCH3 is 1. The Balaban J connectivity index is 1.54. The molecule has 0 atom stereocenters. The van der Waals surface area contributed by atoms with Crippen molar-refractivity contribution in [3.8, 4) is 5.75 Å². The molecule has 172 valence electrons. The van der Waals surface area contributed by atoms with Crippen LogP contribution >= 0.6 is 0 Å². The highest BCUT2D eigenvalue weighted by molar-refractivity contribution is 6.45. The number of imide groups is 1. The van der Waals surface area contributed by atoms with Crippen LogP contribution in [0.1, 0.15) is 11.1 Å². The second-order valence-electron chi connectivity index (χ2n) is 8.52. The summed E-state index contributed by atoms with van der Waals surface area (Å²) in [7, 11) is 1.58. The molecule has 0 spiro atoms. The first-order valence-corrected chi connectivity index (χ1v) is 11.5. The molecule has 0 radical (unpaired) electrons. The Kier molecular flexibility index (Phi) is 5.80. The first-order valence-electron chi connectivity index (χ1n) is 11.5. The van der Waals surface area contributed by atoms with Crippen LogP contribution in [0.5, 0.6) is 5.75 Å². The molecule has 0 bridgehead atoms. The third kappa shape index (κ3) is 3.81. The SMILES string of the molecule is COc1ccccc1C1=C(N2CCN(c3ccccc3)CC2)C(=O)N(c2cccc(C)c2)C1=O. The highest BCUT2D eigenvalue weighted by Crippen LogP contribution is 2.38. The highest BCUT2D eigenvalue weighted by Gasteiger charge is 2.43. The molecule has 6 nitrogen and oxygen atoms in total. The molecule has 1 saturated heterocycles. The molecule has 0 unspecified atom stereocenters. The molecule has 0 aromatic heterocycles. The van der Waals surface area contributed by atoms with E-state index in [1.807, 2.05) is 67.6 Å². The van der Waals surface area contributed by atoms with E-state index in [-0.39, 0.29) is 11.8 Å². The van der Waals surface area contributed by atoms with Gasteiger partial charge in [0, 0.05) is 37.4 Å². The molecular formula is C28H27N3O3. The van der Waals surface area contributed by atoms with Crippen LogP contribution in [0.2, 0.25) is 0 Å². The van der Waals surface area contributed by atoms with Crippen molar-refractivity contribution in [3.05, 3.63) is 95.7 Å². The zero-order valence-corrected chi connectivity index (χ0v) is 19.4. The lowest BCUT2D eigenvalue weighted by Gasteiger charge is -2.37. The number of para-hydroxylation sites is 2. The normalized spacial score (nSPS) is 16.5. The molecule has 1 fully saturated rings. The molecule has 0 saturated carbocycles. The summed E-state index contributed by atoms with van der Waals surface area (Å²) in [6, 6.07) is 25.1. The van der Waals surface area contributed by atoms with Crippen LogP contribution in [-0.4, -0.2) is 50.0 Å². The Morgan fingerprint density at radius 1 is 0.706 bits per heavy atom. The molecule has 2 aliphatic heterocycles. The first-order chi connectivity index (χ1) is 16.6. The van der Waals surface area contributed by atoms with Crippen molar-refractivity contribution in [2.75, 3.05) is 43.1 Å². The molecule has 2 heterocycles. The number of anilines is 2. The lowest BCUT2D eigenvalue weighted by atomic mass is 10.0. The van der Waals surface area contributed by atoms with Gasteiger partial charge < -0.3 is 14.5 Å². The fourth-order valence-electron chi connectivity index (χ4n) is 4.73. The van der Waals surface area contributed by atoms with Crippen molar-refractivity contribution in [2.45, 2.75) is 6.92 Å². The van der Waals surface area contributed by atoms with Gasteiger partial charge in [0.25, 0.3) is 11.8 Å². The third-order valence-corrected chi connectivity index (χ3v) is 6.41. The molecular weight excluding hydrogens is 426 g/mol. The van der Waals surface area contributed by atoms with E-state index in [0.717, 1.165) is 24.3 Å². The molecule has 5 rings (SSSR count). The Hall–Kier alpha value is -4.06. The Morgan fingerprint density at radius 3 is 2.06 bits per heavy atom. The van der Waals surface area contributed by atoms with Crippen molar-refractivity contribution < 1.29 is 14.3 Å². The van der Waals surface area contributed by atoms with E-state index in [1.165, 1.54) is 4.90 Å². The predicted octanol–water partition coefficient (Wildman–Crippen LogP) is 4.11. The van der Waals surface area contributed by atoms with E-state index in [9.17, 15) is 9.59 Å². The van der Waals surface area contributed by atoms with Gasteiger partial charge in [0.2, 0.25) is 0 Å². The smallest absolute Gasteiger partial charge is 0.282 e. The summed E-state index contributed by atoms with van der Waals surface area (Å²) in [5.74, 6) is -0.0320. The van der Waals surface area contributed by atoms with Crippen LogP contribution in [0.15, 0.2) is 84.6 Å². The minimum Gasteiger partial charge on any atom is -0.496 e. The predicted molar refractivity (Wildman–Crippen MR) is 134 cm³/mol. The number of benzene rings is 3. The third-order valence-electron chi connectivity index (χ3n) is 6.41. The lowest BCUT2D eigenvalue weighted by molar-refractivity contribution is -0.120. The first kappa shape index (κ1) is 21.8. The number of rotatable bonds is 5. The van der Waals surface area contributed by atoms with Crippen molar-refractivity contribution in [3.63, 3.8) is 0 Å². The summed E-state index contributed by atoms with van der Waals surface area (Å²) in [5.41, 5.74) is 4.22. The summed E-state index contributed by atoms with van der Waals surface area (Å²) in [5, 5.41) is 0. The summed E-state index contributed by atoms with van der Waals surface area (Å²) < 4.78 is 5.57. The van der Waals surface area contributed by atoms with E-state index in [4.69, 9.17) is 4.74 Å². The fraction of sp³-hybridized carbons (Fsp3) is 0.214. The van der Waals surface area contributed by atoms with Crippen LogP contribution in [0.3, 0.4) is 0 Å². The maximum absolute atomic E-state index is 13.8. The largest absolute Gasteiger partial charge is 0.496 e. The van der Waals surface area contributed by atoms with Gasteiger partial charge >= 0.3 is 0 Å². The topological polar surface area (TPSA) is 53.1 Å². The van der Waals surface area contributed by atoms with E-state index in [2.05, 4.69) is 21.9 Å². The van der Waals surface area contributed by atoms with Crippen LogP contribution in [-0.2, 0) is 9.59 Å². The average Bonchev–Trinajstić information content (AvgIpc) is 3.14. The second-order valence-corrected chi connectivity index (χ2v) is 8.52. The van der Waals surface area contributed by atoms with E-state index in [0.29, 0.717) is 41.4 Å². The summed E-state index contributed by atoms with van der Waals surface area (Å²) in [6.45, 7) is 4.76. The van der Waals surface area contributed by atoms with Gasteiger partial charge in [0.05, 0.1) is 18.4 Å². The Morgan fingerprint density at radius 2 is 1.35 bits per heavy atom. The Labute approximate surface area is 199 Å². The molecule has 0 aliphatic carbocycles. The van der Waals surface area contributed by atoms with Gasteiger partial charge in [-0.05, 0) is 42.8 Å². The fourth-order valence-corrected chi connectivity index (χ4v) is 4.73. The average molecular weight is 454 g/mol. The summed E-state index contributed by atoms with van der Waals surface area (Å²) >= 11 is 0. The van der Waals surface area contributed by atoms with Crippen LogP contribution in [0.25, 0.3) is 5.57 Å². The molecule has 0 N–H and O–H groups in total. The molecule has 34 heavy (non-hydrogen) atoms. The highest BCUT2D eigenvalue weighted by atomic mass is 16.5.